The van der Waals surface area contributed by atoms with Gasteiger partial charge in [-0.3, -0.25) is 4.68 Å². The average Bonchev–Trinajstić information content (AvgIpc) is 3.23. The van der Waals surface area contributed by atoms with Crippen LogP contribution in [0.1, 0.15) is 30.0 Å². The third-order valence-corrected chi connectivity index (χ3v) is 5.71. The molecule has 4 rings (SSSR count). The van der Waals surface area contributed by atoms with Crippen LogP contribution in [0, 0.1) is 12.7 Å². The summed E-state index contributed by atoms with van der Waals surface area (Å²) in [5, 5.41) is 7.95. The quantitative estimate of drug-likeness (QED) is 0.655. The fourth-order valence-corrected chi connectivity index (χ4v) is 3.77. The highest BCUT2D eigenvalue weighted by atomic mass is 35.5. The molecule has 1 saturated heterocycles. The summed E-state index contributed by atoms with van der Waals surface area (Å²) >= 11 is 6.09. The number of halogens is 2. The van der Waals surface area contributed by atoms with Gasteiger partial charge in [0.05, 0.1) is 17.3 Å². The topological polar surface area (TPSA) is 78.0 Å². The molecule has 3 heterocycles. The number of aryl methyl sites for hydroxylation is 1. The average molecular weight is 416 g/mol. The number of nitrogens with one attached hydrogen (secondary N) is 1. The number of nitrogens with two attached hydrogens (primary N) is 1. The molecular formula is C21H23ClFN5O. The zero-order valence-corrected chi connectivity index (χ0v) is 16.9. The third kappa shape index (κ3) is 4.21. The maximum Gasteiger partial charge on any atom is 0.166 e. The third-order valence-electron chi connectivity index (χ3n) is 5.30. The van der Waals surface area contributed by atoms with Gasteiger partial charge in [0.2, 0.25) is 0 Å². The van der Waals surface area contributed by atoms with Crippen molar-refractivity contribution in [2.75, 3.05) is 18.8 Å². The van der Waals surface area contributed by atoms with E-state index in [0.717, 1.165) is 42.6 Å². The van der Waals surface area contributed by atoms with E-state index in [4.69, 9.17) is 22.1 Å². The van der Waals surface area contributed by atoms with Crippen molar-refractivity contribution in [1.82, 2.24) is 20.1 Å². The zero-order chi connectivity index (χ0) is 20.4. The van der Waals surface area contributed by atoms with Gasteiger partial charge in [-0.1, -0.05) is 17.7 Å². The van der Waals surface area contributed by atoms with Crippen molar-refractivity contribution >= 4 is 17.4 Å². The van der Waals surface area contributed by atoms with E-state index in [0.29, 0.717) is 17.4 Å². The lowest BCUT2D eigenvalue weighted by Gasteiger charge is -2.22. The van der Waals surface area contributed by atoms with Crippen LogP contribution in [0.15, 0.2) is 36.8 Å². The van der Waals surface area contributed by atoms with E-state index in [2.05, 4.69) is 15.4 Å². The smallest absolute Gasteiger partial charge is 0.166 e. The van der Waals surface area contributed by atoms with Gasteiger partial charge in [-0.25, -0.2) is 9.37 Å². The number of piperidine rings is 1. The largest absolute Gasteiger partial charge is 0.485 e. The second kappa shape index (κ2) is 8.39. The molecule has 0 spiro atoms. The number of hydrogen-bond donors (Lipinski definition) is 2. The van der Waals surface area contributed by atoms with E-state index in [1.54, 1.807) is 12.3 Å². The van der Waals surface area contributed by atoms with Gasteiger partial charge in [0.1, 0.15) is 12.4 Å². The first-order chi connectivity index (χ1) is 14.0. The van der Waals surface area contributed by atoms with Crippen molar-refractivity contribution in [2.45, 2.75) is 32.4 Å². The van der Waals surface area contributed by atoms with Gasteiger partial charge in [0.25, 0.3) is 0 Å². The number of nitrogen functional groups attached to an aromatic ring is 1. The lowest BCUT2D eigenvalue weighted by atomic mass is 10.1. The molecular weight excluding hydrogens is 393 g/mol. The highest BCUT2D eigenvalue weighted by molar-refractivity contribution is 6.31. The van der Waals surface area contributed by atoms with Gasteiger partial charge in [-0.2, -0.15) is 5.10 Å². The van der Waals surface area contributed by atoms with Crippen molar-refractivity contribution in [3.63, 3.8) is 0 Å². The number of rotatable bonds is 5. The highest BCUT2D eigenvalue weighted by Crippen LogP contribution is 2.30. The molecule has 1 aliphatic rings. The fraction of sp³-hybridized carbons (Fsp3) is 0.333. The van der Waals surface area contributed by atoms with Gasteiger partial charge in [0.15, 0.2) is 11.6 Å². The first kappa shape index (κ1) is 19.7. The predicted octanol–water partition coefficient (Wildman–Crippen LogP) is 4.13. The van der Waals surface area contributed by atoms with E-state index < -0.39 is 5.82 Å². The van der Waals surface area contributed by atoms with Crippen LogP contribution in [0.2, 0.25) is 5.02 Å². The van der Waals surface area contributed by atoms with Gasteiger partial charge >= 0.3 is 0 Å². The highest BCUT2D eigenvalue weighted by Gasteiger charge is 2.17. The lowest BCUT2D eigenvalue weighted by molar-refractivity contribution is 0.305. The van der Waals surface area contributed by atoms with E-state index >= 15 is 0 Å². The van der Waals surface area contributed by atoms with E-state index in [1.807, 2.05) is 30.1 Å². The molecule has 0 unspecified atom stereocenters. The molecule has 1 aromatic carbocycles. The molecule has 0 amide bonds. The first-order valence-corrected chi connectivity index (χ1v) is 9.98. The molecule has 0 saturated carbocycles. The molecule has 29 heavy (non-hydrogen) atoms. The lowest BCUT2D eigenvalue weighted by Crippen LogP contribution is -2.29. The summed E-state index contributed by atoms with van der Waals surface area (Å²) in [4.78, 5) is 4.25. The minimum absolute atomic E-state index is 0.0657. The summed E-state index contributed by atoms with van der Waals surface area (Å²) in [6, 6.07) is 5.25. The van der Waals surface area contributed by atoms with Crippen molar-refractivity contribution in [1.29, 1.82) is 0 Å². The molecule has 6 nitrogen and oxygen atoms in total. The minimum atomic E-state index is -0.471. The standard InChI is InChI=1S/C21H23ClFN5O/c1-13-2-3-18(23)20(22)17(13)12-29-19-8-14(9-26-21(19)24)15-10-27-28(11-15)16-4-6-25-7-5-16/h2-3,8-11,16,25H,4-7,12H2,1H3,(H2,24,26). The Morgan fingerprint density at radius 1 is 1.28 bits per heavy atom. The molecule has 0 atom stereocenters. The Labute approximate surface area is 173 Å². The number of ether oxygens (including phenoxy) is 1. The molecule has 0 radical (unpaired) electrons. The molecule has 2 aromatic heterocycles. The van der Waals surface area contributed by atoms with E-state index in [9.17, 15) is 4.39 Å². The number of pyridine rings is 1. The first-order valence-electron chi connectivity index (χ1n) is 9.60. The van der Waals surface area contributed by atoms with Crippen molar-refractivity contribution in [2.24, 2.45) is 0 Å². The van der Waals surface area contributed by atoms with E-state index in [1.165, 1.54) is 6.07 Å². The van der Waals surface area contributed by atoms with Gasteiger partial charge in [-0.15, -0.1) is 0 Å². The molecule has 8 heteroatoms. The van der Waals surface area contributed by atoms with Crippen LogP contribution in [0.25, 0.3) is 11.1 Å². The summed E-state index contributed by atoms with van der Waals surface area (Å²) in [7, 11) is 0. The number of aromatic nitrogens is 3. The van der Waals surface area contributed by atoms with Gasteiger partial charge < -0.3 is 15.8 Å². The summed E-state index contributed by atoms with van der Waals surface area (Å²) in [5.41, 5.74) is 9.23. The number of anilines is 1. The monoisotopic (exact) mass is 415 g/mol. The molecule has 3 N–H and O–H groups in total. The van der Waals surface area contributed by atoms with Crippen LogP contribution < -0.4 is 15.8 Å². The van der Waals surface area contributed by atoms with Crippen LogP contribution in [0.5, 0.6) is 5.75 Å². The fourth-order valence-electron chi connectivity index (χ4n) is 3.50. The number of hydrogen-bond acceptors (Lipinski definition) is 5. The molecule has 3 aromatic rings. The molecule has 1 aliphatic heterocycles. The Kier molecular flexibility index (Phi) is 5.69. The molecule has 0 bridgehead atoms. The summed E-state index contributed by atoms with van der Waals surface area (Å²) < 4.78 is 21.6. The molecule has 1 fully saturated rings. The Morgan fingerprint density at radius 3 is 2.86 bits per heavy atom. The summed E-state index contributed by atoms with van der Waals surface area (Å²) in [5.74, 6) is 0.225. The molecule has 0 aliphatic carbocycles. The summed E-state index contributed by atoms with van der Waals surface area (Å²) in [6.45, 7) is 3.97. The molecule has 152 valence electrons. The van der Waals surface area contributed by atoms with Crippen molar-refractivity contribution < 1.29 is 9.13 Å². The van der Waals surface area contributed by atoms with Gasteiger partial charge in [-0.05, 0) is 50.6 Å². The summed E-state index contributed by atoms with van der Waals surface area (Å²) in [6.07, 6.45) is 7.67. The Hall–Kier alpha value is -2.64. The maximum atomic E-state index is 13.8. The van der Waals surface area contributed by atoms with Crippen LogP contribution >= 0.6 is 11.6 Å². The van der Waals surface area contributed by atoms with Crippen LogP contribution in [-0.2, 0) is 6.61 Å². The normalized spacial score (nSPS) is 14.9. The second-order valence-corrected chi connectivity index (χ2v) is 7.62. The van der Waals surface area contributed by atoms with Crippen molar-refractivity contribution in [3.05, 3.63) is 58.8 Å². The second-order valence-electron chi connectivity index (χ2n) is 7.24. The Morgan fingerprint density at radius 2 is 2.07 bits per heavy atom. The predicted molar refractivity (Wildman–Crippen MR) is 111 cm³/mol. The van der Waals surface area contributed by atoms with Crippen LogP contribution in [0.3, 0.4) is 0 Å². The van der Waals surface area contributed by atoms with E-state index in [-0.39, 0.29) is 17.4 Å². The minimum Gasteiger partial charge on any atom is -0.485 e. The zero-order valence-electron chi connectivity index (χ0n) is 16.2. The Bertz CT molecular complexity index is 1020. The number of nitrogens with zero attached hydrogens (tertiary/aromatic N) is 3. The SMILES string of the molecule is Cc1ccc(F)c(Cl)c1COc1cc(-c2cnn(C3CCNCC3)c2)cnc1N. The Balaban J connectivity index is 1.54. The number of benzene rings is 1. The van der Waals surface area contributed by atoms with Crippen LogP contribution in [0.4, 0.5) is 10.2 Å². The van der Waals surface area contributed by atoms with Gasteiger partial charge in [0, 0.05) is 29.1 Å². The van der Waals surface area contributed by atoms with Crippen LogP contribution in [-0.4, -0.2) is 27.9 Å². The maximum absolute atomic E-state index is 13.8. The van der Waals surface area contributed by atoms with Crippen molar-refractivity contribution in [3.8, 4) is 16.9 Å².